The highest BCUT2D eigenvalue weighted by molar-refractivity contribution is 8.15. The van der Waals surface area contributed by atoms with Crippen LogP contribution in [0.4, 0.5) is 35.0 Å². The molecule has 10 nitrogen and oxygen atoms in total. The van der Waals surface area contributed by atoms with E-state index in [1.54, 1.807) is 18.2 Å². The van der Waals surface area contributed by atoms with E-state index in [2.05, 4.69) is 51.2 Å². The zero-order chi connectivity index (χ0) is 33.0. The van der Waals surface area contributed by atoms with Gasteiger partial charge < -0.3 is 15.4 Å². The van der Waals surface area contributed by atoms with Crippen LogP contribution in [0.15, 0.2) is 72.0 Å². The number of aliphatic imine (C=N–C) groups is 1. The van der Waals surface area contributed by atoms with E-state index < -0.39 is 12.4 Å². The Labute approximate surface area is 268 Å². The molecule has 0 aliphatic carbocycles. The number of anilines is 3. The lowest BCUT2D eigenvalue weighted by Gasteiger charge is -2.23. The standard InChI is InChI=1S/C32H32F3N7O3S/c1-5-14-36-22-7-12-25(19(2)3)27(16-22)42-28(43)17-46-31(42)39-30(44)38-26-13-6-21(15-20(26)4)29-37-18-41(40-29)23-8-10-24(11-9-23)45-32(33,34)35/h6-13,15-16,18-19,36H,5,14,17H2,1-4H3,(H,38,44)/b39-31-. The molecular weight excluding hydrogens is 619 g/mol. The number of nitrogens with zero attached hydrogens (tertiary/aromatic N) is 5. The number of amides is 3. The van der Waals surface area contributed by atoms with Crippen LogP contribution in [-0.4, -0.2) is 50.5 Å². The number of halogens is 3. The number of ether oxygens (including phenoxy) is 1. The molecule has 14 heteroatoms. The minimum atomic E-state index is -4.77. The Balaban J connectivity index is 1.31. The van der Waals surface area contributed by atoms with Crippen molar-refractivity contribution in [3.8, 4) is 22.8 Å². The molecule has 4 aromatic rings. The molecule has 46 heavy (non-hydrogen) atoms. The largest absolute Gasteiger partial charge is 0.573 e. The molecule has 0 spiro atoms. The molecule has 1 saturated heterocycles. The topological polar surface area (TPSA) is 114 Å². The van der Waals surface area contributed by atoms with E-state index in [-0.39, 0.29) is 23.3 Å². The second-order valence-electron chi connectivity index (χ2n) is 10.8. The average molecular weight is 652 g/mol. The fourth-order valence-corrected chi connectivity index (χ4v) is 5.64. The van der Waals surface area contributed by atoms with Crippen LogP contribution in [0.3, 0.4) is 0 Å². The van der Waals surface area contributed by atoms with Gasteiger partial charge in [0.15, 0.2) is 11.0 Å². The number of nitrogens with one attached hydrogen (secondary N) is 2. The first kappa shape index (κ1) is 32.5. The summed E-state index contributed by atoms with van der Waals surface area (Å²) < 4.78 is 42.7. The summed E-state index contributed by atoms with van der Waals surface area (Å²) in [6, 6.07) is 15.8. The van der Waals surface area contributed by atoms with Gasteiger partial charge >= 0.3 is 12.4 Å². The first-order valence-corrected chi connectivity index (χ1v) is 15.5. The van der Waals surface area contributed by atoms with Crippen LogP contribution in [0.2, 0.25) is 0 Å². The zero-order valence-corrected chi connectivity index (χ0v) is 26.4. The van der Waals surface area contributed by atoms with Crippen molar-refractivity contribution in [1.82, 2.24) is 14.8 Å². The molecule has 0 saturated carbocycles. The maximum atomic E-state index is 13.1. The molecule has 1 aromatic heterocycles. The number of thioether (sulfide) groups is 1. The normalized spacial score (nSPS) is 14.3. The number of carbonyl (C=O) groups excluding carboxylic acids is 2. The summed E-state index contributed by atoms with van der Waals surface area (Å²) in [6.07, 6.45) is -2.38. The Bertz CT molecular complexity index is 1770. The van der Waals surface area contributed by atoms with E-state index in [1.165, 1.54) is 51.9 Å². The Morgan fingerprint density at radius 3 is 2.54 bits per heavy atom. The van der Waals surface area contributed by atoms with Crippen molar-refractivity contribution in [2.45, 2.75) is 46.4 Å². The molecule has 5 rings (SSSR count). The summed E-state index contributed by atoms with van der Waals surface area (Å²) in [5, 5.41) is 10.9. The van der Waals surface area contributed by atoms with Crippen molar-refractivity contribution in [3.05, 3.63) is 78.1 Å². The summed E-state index contributed by atoms with van der Waals surface area (Å²) in [5.41, 5.74) is 4.97. The Morgan fingerprint density at radius 1 is 1.11 bits per heavy atom. The predicted molar refractivity (Wildman–Crippen MR) is 174 cm³/mol. The highest BCUT2D eigenvalue weighted by atomic mass is 32.2. The average Bonchev–Trinajstić information content (AvgIpc) is 3.63. The molecule has 0 atom stereocenters. The lowest BCUT2D eigenvalue weighted by molar-refractivity contribution is -0.274. The molecule has 0 radical (unpaired) electrons. The lowest BCUT2D eigenvalue weighted by Crippen LogP contribution is -2.31. The number of amidine groups is 1. The van der Waals surface area contributed by atoms with Crippen LogP contribution in [0.25, 0.3) is 17.1 Å². The van der Waals surface area contributed by atoms with Gasteiger partial charge in [0.05, 0.1) is 17.1 Å². The van der Waals surface area contributed by atoms with Crippen molar-refractivity contribution < 1.29 is 27.5 Å². The van der Waals surface area contributed by atoms with Gasteiger partial charge in [0, 0.05) is 23.5 Å². The van der Waals surface area contributed by atoms with Gasteiger partial charge in [-0.05, 0) is 85.0 Å². The van der Waals surface area contributed by atoms with Crippen LogP contribution >= 0.6 is 11.8 Å². The van der Waals surface area contributed by atoms with Crippen LogP contribution in [0, 0.1) is 6.92 Å². The zero-order valence-electron chi connectivity index (χ0n) is 25.6. The number of aryl methyl sites for hydroxylation is 1. The number of hydrogen-bond acceptors (Lipinski definition) is 7. The van der Waals surface area contributed by atoms with Gasteiger partial charge in [0.1, 0.15) is 12.1 Å². The number of carbonyl (C=O) groups is 2. The van der Waals surface area contributed by atoms with Crippen molar-refractivity contribution in [2.24, 2.45) is 4.99 Å². The molecule has 2 N–H and O–H groups in total. The van der Waals surface area contributed by atoms with Crippen molar-refractivity contribution >= 4 is 45.9 Å². The number of rotatable bonds is 9. The highest BCUT2D eigenvalue weighted by Gasteiger charge is 2.33. The molecule has 2 heterocycles. The summed E-state index contributed by atoms with van der Waals surface area (Å²) >= 11 is 1.21. The molecule has 3 aromatic carbocycles. The first-order valence-electron chi connectivity index (χ1n) is 14.5. The van der Waals surface area contributed by atoms with Crippen molar-refractivity contribution in [2.75, 3.05) is 27.8 Å². The van der Waals surface area contributed by atoms with Gasteiger partial charge in [0.25, 0.3) is 0 Å². The summed E-state index contributed by atoms with van der Waals surface area (Å²) in [4.78, 5) is 36.2. The third-order valence-electron chi connectivity index (χ3n) is 6.99. The number of alkyl halides is 3. The number of aromatic nitrogens is 3. The monoisotopic (exact) mass is 651 g/mol. The minimum Gasteiger partial charge on any atom is -0.406 e. The van der Waals surface area contributed by atoms with Gasteiger partial charge in [-0.15, -0.1) is 18.3 Å². The number of benzene rings is 3. The third kappa shape index (κ3) is 7.68. The molecule has 3 amide bonds. The van der Waals surface area contributed by atoms with Gasteiger partial charge in [-0.2, -0.15) is 4.99 Å². The van der Waals surface area contributed by atoms with Crippen LogP contribution < -0.4 is 20.3 Å². The Morgan fingerprint density at radius 2 is 1.87 bits per heavy atom. The van der Waals surface area contributed by atoms with Gasteiger partial charge in [0.2, 0.25) is 5.91 Å². The van der Waals surface area contributed by atoms with E-state index in [1.807, 2.05) is 25.1 Å². The van der Waals surface area contributed by atoms with Gasteiger partial charge in [-0.3, -0.25) is 9.69 Å². The molecule has 240 valence electrons. The van der Waals surface area contributed by atoms with Crippen LogP contribution in [0.5, 0.6) is 5.75 Å². The first-order chi connectivity index (χ1) is 21.9. The molecular formula is C32H32F3N7O3S. The summed E-state index contributed by atoms with van der Waals surface area (Å²) in [7, 11) is 0. The van der Waals surface area contributed by atoms with E-state index in [9.17, 15) is 22.8 Å². The third-order valence-corrected chi connectivity index (χ3v) is 7.91. The van der Waals surface area contributed by atoms with E-state index in [0.29, 0.717) is 33.6 Å². The number of urea groups is 1. The van der Waals surface area contributed by atoms with E-state index in [0.717, 1.165) is 29.8 Å². The van der Waals surface area contributed by atoms with Gasteiger partial charge in [-0.1, -0.05) is 38.6 Å². The van der Waals surface area contributed by atoms with Crippen molar-refractivity contribution in [1.29, 1.82) is 0 Å². The Kier molecular flexibility index (Phi) is 9.65. The fourth-order valence-electron chi connectivity index (χ4n) is 4.78. The molecule has 0 unspecified atom stereocenters. The van der Waals surface area contributed by atoms with Gasteiger partial charge in [-0.25, -0.2) is 14.5 Å². The molecule has 1 aliphatic heterocycles. The van der Waals surface area contributed by atoms with E-state index >= 15 is 0 Å². The summed E-state index contributed by atoms with van der Waals surface area (Å²) in [6.45, 7) is 8.78. The van der Waals surface area contributed by atoms with Crippen molar-refractivity contribution in [3.63, 3.8) is 0 Å². The maximum absolute atomic E-state index is 13.1. The predicted octanol–water partition coefficient (Wildman–Crippen LogP) is 7.75. The van der Waals surface area contributed by atoms with Crippen LogP contribution in [-0.2, 0) is 4.79 Å². The number of hydrogen-bond donors (Lipinski definition) is 2. The molecule has 0 bridgehead atoms. The molecule has 1 fully saturated rings. The van der Waals surface area contributed by atoms with Crippen LogP contribution in [0.1, 0.15) is 44.2 Å². The minimum absolute atomic E-state index is 0.143. The second kappa shape index (κ2) is 13.6. The van der Waals surface area contributed by atoms with E-state index in [4.69, 9.17) is 0 Å². The lowest BCUT2D eigenvalue weighted by atomic mass is 9.99. The fraction of sp³-hybridized carbons (Fsp3) is 0.281. The Hall–Kier alpha value is -4.85. The molecule has 1 aliphatic rings. The second-order valence-corrected chi connectivity index (χ2v) is 11.7. The quantitative estimate of drug-likeness (QED) is 0.190. The highest BCUT2D eigenvalue weighted by Crippen LogP contribution is 2.36. The summed E-state index contributed by atoms with van der Waals surface area (Å²) in [5.74, 6) is 0.211. The SMILES string of the molecule is CCCNc1ccc(C(C)C)c(N2C(=O)CS/C2=N\C(=O)Nc2ccc(-c3ncn(-c4ccc(OC(F)(F)F)cc4)n3)cc2C)c1. The smallest absolute Gasteiger partial charge is 0.406 e. The maximum Gasteiger partial charge on any atom is 0.573 e.